The molecule has 2 aromatic heterocycles. The Kier molecular flexibility index (Phi) is 7.23. The Morgan fingerprint density at radius 2 is 2.06 bits per heavy atom. The molecular weight excluding hydrogens is 412 g/mol. The molecule has 8 nitrogen and oxygen atoms in total. The first-order valence-electron chi connectivity index (χ1n) is 10.4. The van der Waals surface area contributed by atoms with Crippen LogP contribution in [-0.4, -0.2) is 44.6 Å². The predicted octanol–water partition coefficient (Wildman–Crippen LogP) is 3.40. The summed E-state index contributed by atoms with van der Waals surface area (Å²) in [5.74, 6) is -0.0573. The van der Waals surface area contributed by atoms with Gasteiger partial charge in [0.15, 0.2) is 0 Å². The summed E-state index contributed by atoms with van der Waals surface area (Å²) in [6.07, 6.45) is 2.80. The van der Waals surface area contributed by atoms with Gasteiger partial charge in [-0.2, -0.15) is 5.26 Å². The zero-order chi connectivity index (χ0) is 22.5. The Morgan fingerprint density at radius 1 is 1.35 bits per heavy atom. The molecule has 0 bridgehead atoms. The highest BCUT2D eigenvalue weighted by atomic mass is 32.1. The van der Waals surface area contributed by atoms with Gasteiger partial charge in [0.25, 0.3) is 5.91 Å². The zero-order valence-corrected chi connectivity index (χ0v) is 19.2. The van der Waals surface area contributed by atoms with Crippen LogP contribution in [0.3, 0.4) is 0 Å². The molecule has 1 fully saturated rings. The number of nitrogens with one attached hydrogen (secondary N) is 1. The van der Waals surface area contributed by atoms with Crippen molar-refractivity contribution in [3.05, 3.63) is 34.1 Å². The third-order valence-corrected chi connectivity index (χ3v) is 6.16. The number of piperidine rings is 1. The number of nitrogens with zero attached hydrogens (tertiary/aromatic N) is 5. The Hall–Kier alpha value is -2.99. The van der Waals surface area contributed by atoms with Gasteiger partial charge in [-0.25, -0.2) is 0 Å². The van der Waals surface area contributed by atoms with Crippen molar-refractivity contribution in [2.24, 2.45) is 11.8 Å². The lowest BCUT2D eigenvalue weighted by Gasteiger charge is -2.31. The minimum absolute atomic E-state index is 0.0995. The van der Waals surface area contributed by atoms with E-state index in [4.69, 9.17) is 0 Å². The third-order valence-electron chi connectivity index (χ3n) is 5.55. The second-order valence-electron chi connectivity index (χ2n) is 8.30. The smallest absolute Gasteiger partial charge is 0.264 e. The molecule has 1 saturated heterocycles. The summed E-state index contributed by atoms with van der Waals surface area (Å²) in [6.45, 7) is 10.2. The summed E-state index contributed by atoms with van der Waals surface area (Å²) in [5.41, 5.74) is 4.76. The predicted molar refractivity (Wildman–Crippen MR) is 120 cm³/mol. The largest absolute Gasteiger partial charge is 0.348 e. The molecule has 1 aliphatic rings. The summed E-state index contributed by atoms with van der Waals surface area (Å²) in [6, 6.07) is 4.10. The fourth-order valence-electron chi connectivity index (χ4n) is 3.87. The van der Waals surface area contributed by atoms with Gasteiger partial charge in [-0.05, 0) is 50.3 Å². The van der Waals surface area contributed by atoms with Crippen LogP contribution in [-0.2, 0) is 16.1 Å². The number of hydrogen-bond donors (Lipinski definition) is 1. The van der Waals surface area contributed by atoms with Gasteiger partial charge in [-0.3, -0.25) is 9.59 Å². The van der Waals surface area contributed by atoms with Gasteiger partial charge in [0, 0.05) is 36.9 Å². The quantitative estimate of drug-likeness (QED) is 0.548. The molecule has 0 radical (unpaired) electrons. The molecule has 0 aromatic carbocycles. The van der Waals surface area contributed by atoms with E-state index in [0.29, 0.717) is 37.0 Å². The van der Waals surface area contributed by atoms with Crippen LogP contribution in [0.5, 0.6) is 0 Å². The number of rotatable bonds is 6. The van der Waals surface area contributed by atoms with E-state index in [9.17, 15) is 14.9 Å². The molecule has 9 heteroatoms. The van der Waals surface area contributed by atoms with Gasteiger partial charge in [-0.15, -0.1) is 10.2 Å². The van der Waals surface area contributed by atoms with Crippen LogP contribution in [0.2, 0.25) is 0 Å². The number of nitriles is 1. The van der Waals surface area contributed by atoms with Gasteiger partial charge in [-0.1, -0.05) is 25.2 Å². The van der Waals surface area contributed by atoms with Crippen molar-refractivity contribution in [1.82, 2.24) is 19.7 Å². The van der Waals surface area contributed by atoms with Crippen molar-refractivity contribution < 1.29 is 9.59 Å². The molecule has 2 aromatic rings. The fourth-order valence-corrected chi connectivity index (χ4v) is 4.32. The topological polar surface area (TPSA) is 104 Å². The van der Waals surface area contributed by atoms with E-state index in [1.165, 1.54) is 11.3 Å². The van der Waals surface area contributed by atoms with Crippen LogP contribution in [0, 0.1) is 37.0 Å². The van der Waals surface area contributed by atoms with Crippen molar-refractivity contribution in [2.45, 2.75) is 47.1 Å². The summed E-state index contributed by atoms with van der Waals surface area (Å²) >= 11 is 1.27. The van der Waals surface area contributed by atoms with E-state index in [0.717, 1.165) is 23.5 Å². The highest BCUT2D eigenvalue weighted by molar-refractivity contribution is 7.13. The maximum Gasteiger partial charge on any atom is 0.264 e. The first kappa shape index (κ1) is 22.7. The number of hydrogen-bond acceptors (Lipinski definition) is 6. The Balaban J connectivity index is 1.65. The Morgan fingerprint density at radius 3 is 2.65 bits per heavy atom. The van der Waals surface area contributed by atoms with Gasteiger partial charge in [0.2, 0.25) is 11.0 Å². The average molecular weight is 441 g/mol. The Bertz CT molecular complexity index is 1010. The van der Waals surface area contributed by atoms with Crippen LogP contribution >= 0.6 is 11.3 Å². The number of aromatic nitrogens is 3. The van der Waals surface area contributed by atoms with Crippen molar-refractivity contribution in [1.29, 1.82) is 5.26 Å². The van der Waals surface area contributed by atoms with Crippen molar-refractivity contribution in [3.63, 3.8) is 0 Å². The second kappa shape index (κ2) is 9.88. The summed E-state index contributed by atoms with van der Waals surface area (Å²) in [5, 5.41) is 20.4. The number of carbonyl (C=O) groups is 2. The highest BCUT2D eigenvalue weighted by Gasteiger charge is 2.29. The first-order valence-corrected chi connectivity index (χ1v) is 11.3. The van der Waals surface area contributed by atoms with E-state index in [1.807, 2.05) is 19.9 Å². The first-order chi connectivity index (χ1) is 14.8. The molecule has 0 spiro atoms. The number of anilines is 1. The lowest BCUT2D eigenvalue weighted by atomic mass is 9.95. The van der Waals surface area contributed by atoms with E-state index in [2.05, 4.69) is 40.0 Å². The molecule has 164 valence electrons. The molecule has 0 saturated carbocycles. The number of carbonyl (C=O) groups excluding carboxylic acids is 2. The minimum atomic E-state index is -0.279. The van der Waals surface area contributed by atoms with E-state index in [-0.39, 0.29) is 23.3 Å². The third kappa shape index (κ3) is 5.39. The number of aryl methyl sites for hydroxylation is 1. The Labute approximate surface area is 186 Å². The summed E-state index contributed by atoms with van der Waals surface area (Å²) in [7, 11) is 0. The fraction of sp³-hybridized carbons (Fsp3) is 0.500. The monoisotopic (exact) mass is 440 g/mol. The molecule has 0 aliphatic carbocycles. The van der Waals surface area contributed by atoms with Crippen LogP contribution in [0.15, 0.2) is 17.2 Å². The maximum absolute atomic E-state index is 13.0. The van der Waals surface area contributed by atoms with Gasteiger partial charge < -0.3 is 14.8 Å². The molecule has 31 heavy (non-hydrogen) atoms. The molecule has 0 atom stereocenters. The average Bonchev–Trinajstić information content (AvgIpc) is 3.35. The van der Waals surface area contributed by atoms with Gasteiger partial charge in [0.05, 0.1) is 0 Å². The zero-order valence-electron chi connectivity index (χ0n) is 18.4. The van der Waals surface area contributed by atoms with Gasteiger partial charge in [0.1, 0.15) is 17.2 Å². The molecule has 3 rings (SSSR count). The highest BCUT2D eigenvalue weighted by Crippen LogP contribution is 2.23. The van der Waals surface area contributed by atoms with Crippen LogP contribution in [0.25, 0.3) is 6.08 Å². The molecule has 2 amide bonds. The lowest BCUT2D eigenvalue weighted by Crippen LogP contribution is -2.41. The van der Waals surface area contributed by atoms with Crippen molar-refractivity contribution in [2.75, 3.05) is 18.4 Å². The molecule has 1 aliphatic heterocycles. The number of likely N-dealkylation sites (tertiary alicyclic amines) is 1. The van der Waals surface area contributed by atoms with E-state index in [1.54, 1.807) is 16.5 Å². The van der Waals surface area contributed by atoms with Gasteiger partial charge >= 0.3 is 0 Å². The van der Waals surface area contributed by atoms with Crippen LogP contribution in [0.1, 0.15) is 43.6 Å². The summed E-state index contributed by atoms with van der Waals surface area (Å²) < 4.78 is 2.22. The van der Waals surface area contributed by atoms with Crippen molar-refractivity contribution >= 4 is 34.4 Å². The lowest BCUT2D eigenvalue weighted by molar-refractivity contribution is -0.130. The normalized spacial score (nSPS) is 15.2. The molecule has 0 unspecified atom stereocenters. The van der Waals surface area contributed by atoms with Crippen molar-refractivity contribution in [3.8, 4) is 6.07 Å². The second-order valence-corrected chi connectivity index (χ2v) is 9.13. The SMILES string of the molecule is Cc1cc(/C=C(/C#N)C(=O)N2CCC(C(=O)Nc3nncs3)CC2)c(C)n1CC(C)C. The molecule has 3 heterocycles. The molecule has 1 N–H and O–H groups in total. The molecular formula is C22H28N6O2S. The minimum Gasteiger partial charge on any atom is -0.348 e. The maximum atomic E-state index is 13.0. The van der Waals surface area contributed by atoms with Crippen LogP contribution in [0.4, 0.5) is 5.13 Å². The summed E-state index contributed by atoms with van der Waals surface area (Å²) in [4.78, 5) is 27.0. The van der Waals surface area contributed by atoms with Crippen LogP contribution < -0.4 is 5.32 Å². The van der Waals surface area contributed by atoms with E-state index < -0.39 is 0 Å². The number of amides is 2. The standard InChI is InChI=1S/C22H28N6O2S/c1-14(2)12-28-15(3)9-18(16(28)4)10-19(11-23)21(30)27-7-5-17(6-8-27)20(29)25-22-26-24-13-31-22/h9-10,13-14,17H,5-8,12H2,1-4H3,(H,25,26,29)/b19-10-. The van der Waals surface area contributed by atoms with E-state index >= 15 is 0 Å².